The van der Waals surface area contributed by atoms with E-state index in [9.17, 15) is 0 Å². The molecule has 0 saturated carbocycles. The van der Waals surface area contributed by atoms with E-state index in [4.69, 9.17) is 10.5 Å². The monoisotopic (exact) mass is 265 g/mol. The number of pyridine rings is 2. The standard InChI is InChI=1S/C16H15N3O/c17-8-7-12-5-6-16(19-10-12)20-14-9-13-3-1-2-4-15(13)18-11-14/h1-6,9-11H,7-8,17H2. The lowest BCUT2D eigenvalue weighted by atomic mass is 10.2. The van der Waals surface area contributed by atoms with Crippen molar-refractivity contribution in [1.82, 2.24) is 9.97 Å². The van der Waals surface area contributed by atoms with Crippen LogP contribution in [0.3, 0.4) is 0 Å². The third-order valence-corrected chi connectivity index (χ3v) is 3.02. The molecule has 3 rings (SSSR count). The summed E-state index contributed by atoms with van der Waals surface area (Å²) in [6.07, 6.45) is 4.32. The minimum atomic E-state index is 0.558. The Bertz CT molecular complexity index is 710. The van der Waals surface area contributed by atoms with E-state index < -0.39 is 0 Å². The Morgan fingerprint density at radius 3 is 2.70 bits per heavy atom. The molecule has 0 fully saturated rings. The lowest BCUT2D eigenvalue weighted by molar-refractivity contribution is 0.461. The molecular formula is C16H15N3O. The molecule has 0 bridgehead atoms. The van der Waals surface area contributed by atoms with Gasteiger partial charge < -0.3 is 10.5 Å². The van der Waals surface area contributed by atoms with Gasteiger partial charge in [0, 0.05) is 17.6 Å². The van der Waals surface area contributed by atoms with Gasteiger partial charge in [0.25, 0.3) is 0 Å². The third-order valence-electron chi connectivity index (χ3n) is 3.02. The van der Waals surface area contributed by atoms with Crippen molar-refractivity contribution in [3.63, 3.8) is 0 Å². The van der Waals surface area contributed by atoms with Crippen molar-refractivity contribution in [2.75, 3.05) is 6.54 Å². The van der Waals surface area contributed by atoms with Gasteiger partial charge in [-0.05, 0) is 30.7 Å². The number of fused-ring (bicyclic) bond motifs is 1. The number of para-hydroxylation sites is 1. The summed E-state index contributed by atoms with van der Waals surface area (Å²) < 4.78 is 5.71. The van der Waals surface area contributed by atoms with Crippen molar-refractivity contribution in [2.45, 2.75) is 6.42 Å². The van der Waals surface area contributed by atoms with Crippen LogP contribution in [-0.2, 0) is 6.42 Å². The molecule has 0 aliphatic heterocycles. The number of benzene rings is 1. The molecule has 100 valence electrons. The van der Waals surface area contributed by atoms with E-state index in [0.29, 0.717) is 18.2 Å². The Morgan fingerprint density at radius 2 is 1.90 bits per heavy atom. The number of rotatable bonds is 4. The highest BCUT2D eigenvalue weighted by molar-refractivity contribution is 5.79. The highest BCUT2D eigenvalue weighted by atomic mass is 16.5. The lowest BCUT2D eigenvalue weighted by Gasteiger charge is -2.06. The SMILES string of the molecule is NCCc1ccc(Oc2cnc3ccccc3c2)nc1. The second-order valence-corrected chi connectivity index (χ2v) is 4.51. The van der Waals surface area contributed by atoms with Crippen LogP contribution < -0.4 is 10.5 Å². The molecular weight excluding hydrogens is 250 g/mol. The van der Waals surface area contributed by atoms with Gasteiger partial charge in [0.2, 0.25) is 5.88 Å². The van der Waals surface area contributed by atoms with E-state index >= 15 is 0 Å². The van der Waals surface area contributed by atoms with Crippen LogP contribution in [0, 0.1) is 0 Å². The summed E-state index contributed by atoms with van der Waals surface area (Å²) >= 11 is 0. The van der Waals surface area contributed by atoms with Gasteiger partial charge in [-0.3, -0.25) is 4.98 Å². The zero-order valence-electron chi connectivity index (χ0n) is 11.0. The normalized spacial score (nSPS) is 10.7. The first-order valence-electron chi connectivity index (χ1n) is 6.53. The highest BCUT2D eigenvalue weighted by Crippen LogP contribution is 2.22. The molecule has 0 spiro atoms. The largest absolute Gasteiger partial charge is 0.437 e. The van der Waals surface area contributed by atoms with Crippen molar-refractivity contribution in [2.24, 2.45) is 5.73 Å². The van der Waals surface area contributed by atoms with E-state index in [1.807, 2.05) is 42.5 Å². The Morgan fingerprint density at radius 1 is 1.00 bits per heavy atom. The molecule has 1 aromatic carbocycles. The van der Waals surface area contributed by atoms with Crippen molar-refractivity contribution >= 4 is 10.9 Å². The molecule has 0 amide bonds. The predicted molar refractivity (Wildman–Crippen MR) is 78.8 cm³/mol. The van der Waals surface area contributed by atoms with Crippen molar-refractivity contribution in [3.05, 3.63) is 60.4 Å². The molecule has 4 nitrogen and oxygen atoms in total. The maximum Gasteiger partial charge on any atom is 0.219 e. The van der Waals surface area contributed by atoms with Gasteiger partial charge in [0.15, 0.2) is 0 Å². The number of nitrogens with two attached hydrogens (primary N) is 1. The molecule has 0 atom stereocenters. The smallest absolute Gasteiger partial charge is 0.219 e. The summed E-state index contributed by atoms with van der Waals surface area (Å²) in [7, 11) is 0. The average molecular weight is 265 g/mol. The van der Waals surface area contributed by atoms with Crippen molar-refractivity contribution in [1.29, 1.82) is 0 Å². The predicted octanol–water partition coefficient (Wildman–Crippen LogP) is 2.92. The van der Waals surface area contributed by atoms with Gasteiger partial charge in [0.05, 0.1) is 11.7 Å². The van der Waals surface area contributed by atoms with E-state index in [-0.39, 0.29) is 0 Å². The Balaban J connectivity index is 1.81. The Kier molecular flexibility index (Phi) is 3.56. The molecule has 4 heteroatoms. The number of aromatic nitrogens is 2. The fourth-order valence-corrected chi connectivity index (χ4v) is 2.01. The first-order chi connectivity index (χ1) is 9.85. The minimum absolute atomic E-state index is 0.558. The van der Waals surface area contributed by atoms with Crippen LogP contribution >= 0.6 is 0 Å². The summed E-state index contributed by atoms with van der Waals surface area (Å²) in [4.78, 5) is 8.62. The van der Waals surface area contributed by atoms with Crippen LogP contribution in [0.5, 0.6) is 11.6 Å². The zero-order valence-corrected chi connectivity index (χ0v) is 11.0. The van der Waals surface area contributed by atoms with E-state index in [1.165, 1.54) is 0 Å². The molecule has 20 heavy (non-hydrogen) atoms. The summed E-state index contributed by atoms with van der Waals surface area (Å²) in [5.74, 6) is 1.24. The maximum absolute atomic E-state index is 5.71. The molecule has 2 heterocycles. The van der Waals surface area contributed by atoms with Crippen LogP contribution in [0.1, 0.15) is 5.56 Å². The van der Waals surface area contributed by atoms with Gasteiger partial charge in [-0.2, -0.15) is 0 Å². The van der Waals surface area contributed by atoms with Gasteiger partial charge in [-0.25, -0.2) is 4.98 Å². The summed E-state index contributed by atoms with van der Waals surface area (Å²) in [6.45, 7) is 0.622. The number of hydrogen-bond donors (Lipinski definition) is 1. The first-order valence-corrected chi connectivity index (χ1v) is 6.53. The van der Waals surface area contributed by atoms with E-state index in [0.717, 1.165) is 22.9 Å². The fraction of sp³-hybridized carbons (Fsp3) is 0.125. The molecule has 0 aliphatic rings. The average Bonchev–Trinajstić information content (AvgIpc) is 2.49. The van der Waals surface area contributed by atoms with Crippen molar-refractivity contribution < 1.29 is 4.74 Å². The quantitative estimate of drug-likeness (QED) is 0.788. The first kappa shape index (κ1) is 12.6. The number of ether oxygens (including phenoxy) is 1. The van der Waals surface area contributed by atoms with E-state index in [2.05, 4.69) is 9.97 Å². The maximum atomic E-state index is 5.71. The van der Waals surface area contributed by atoms with Crippen LogP contribution in [0.25, 0.3) is 10.9 Å². The third kappa shape index (κ3) is 2.75. The molecule has 0 radical (unpaired) electrons. The fourth-order valence-electron chi connectivity index (χ4n) is 2.01. The second kappa shape index (κ2) is 5.67. The number of nitrogens with zero attached hydrogens (tertiary/aromatic N) is 2. The van der Waals surface area contributed by atoms with Crippen LogP contribution in [0.4, 0.5) is 0 Å². The zero-order chi connectivity index (χ0) is 13.8. The Labute approximate surface area is 117 Å². The van der Waals surface area contributed by atoms with Gasteiger partial charge >= 0.3 is 0 Å². The number of hydrogen-bond acceptors (Lipinski definition) is 4. The molecule has 2 aromatic heterocycles. The van der Waals surface area contributed by atoms with Crippen LogP contribution in [-0.4, -0.2) is 16.5 Å². The Hall–Kier alpha value is -2.46. The minimum Gasteiger partial charge on any atom is -0.437 e. The second-order valence-electron chi connectivity index (χ2n) is 4.51. The van der Waals surface area contributed by atoms with Gasteiger partial charge in [-0.15, -0.1) is 0 Å². The lowest BCUT2D eigenvalue weighted by Crippen LogP contribution is -2.02. The van der Waals surface area contributed by atoms with Gasteiger partial charge in [0.1, 0.15) is 5.75 Å². The molecule has 3 aromatic rings. The summed E-state index contributed by atoms with van der Waals surface area (Å²) in [6, 6.07) is 13.7. The van der Waals surface area contributed by atoms with E-state index in [1.54, 1.807) is 12.4 Å². The highest BCUT2D eigenvalue weighted by Gasteiger charge is 2.01. The topological polar surface area (TPSA) is 61.0 Å². The van der Waals surface area contributed by atoms with Crippen LogP contribution in [0.2, 0.25) is 0 Å². The summed E-state index contributed by atoms with van der Waals surface area (Å²) in [5.41, 5.74) is 7.57. The molecule has 0 unspecified atom stereocenters. The molecule has 0 aliphatic carbocycles. The molecule has 2 N–H and O–H groups in total. The van der Waals surface area contributed by atoms with Crippen LogP contribution in [0.15, 0.2) is 54.9 Å². The molecule has 0 saturated heterocycles. The van der Waals surface area contributed by atoms with Crippen molar-refractivity contribution in [3.8, 4) is 11.6 Å². The summed E-state index contributed by atoms with van der Waals surface area (Å²) in [5, 5.41) is 1.05. The van der Waals surface area contributed by atoms with Gasteiger partial charge in [-0.1, -0.05) is 24.3 Å².